The smallest absolute Gasteiger partial charge is 0.227 e. The zero-order chi connectivity index (χ0) is 19.1. The molecule has 4 heteroatoms. The molecule has 0 aromatic heterocycles. The Balaban J connectivity index is 1.86. The monoisotopic (exact) mass is 353 g/mol. The Morgan fingerprint density at radius 2 is 1.73 bits per heavy atom. The molecule has 0 aliphatic rings. The van der Waals surface area contributed by atoms with Gasteiger partial charge in [0.15, 0.2) is 5.78 Å². The predicted octanol–water partition coefficient (Wildman–Crippen LogP) is 4.72. The molecule has 0 spiro atoms. The Kier molecular flexibility index (Phi) is 6.96. The molecule has 2 rings (SSSR count). The fourth-order valence-electron chi connectivity index (χ4n) is 2.92. The van der Waals surface area contributed by atoms with E-state index in [-0.39, 0.29) is 11.7 Å². The van der Waals surface area contributed by atoms with Gasteiger partial charge in [0.1, 0.15) is 5.75 Å². The Morgan fingerprint density at radius 3 is 2.31 bits per heavy atom. The number of aryl methyl sites for hydroxylation is 2. The van der Waals surface area contributed by atoms with Crippen LogP contribution in [0.2, 0.25) is 0 Å². The van der Waals surface area contributed by atoms with Gasteiger partial charge < -0.3 is 9.64 Å². The lowest BCUT2D eigenvalue weighted by Crippen LogP contribution is -2.31. The van der Waals surface area contributed by atoms with E-state index in [1.54, 1.807) is 24.3 Å². The summed E-state index contributed by atoms with van der Waals surface area (Å²) in [5.41, 5.74) is 3.95. The van der Waals surface area contributed by atoms with E-state index >= 15 is 0 Å². The fourth-order valence-corrected chi connectivity index (χ4v) is 2.92. The standard InChI is InChI=1S/C22H27NO3/c1-5-23(21-13-8-16(2)15-17(21)3)22(25)7-6-14-26-20-11-9-19(10-12-20)18(4)24/h8-13,15H,5-7,14H2,1-4H3. The largest absolute Gasteiger partial charge is 0.494 e. The molecule has 0 atom stereocenters. The summed E-state index contributed by atoms with van der Waals surface area (Å²) in [7, 11) is 0. The van der Waals surface area contributed by atoms with Gasteiger partial charge in [0.25, 0.3) is 0 Å². The second kappa shape index (κ2) is 9.18. The van der Waals surface area contributed by atoms with Crippen molar-refractivity contribution in [1.82, 2.24) is 0 Å². The molecular weight excluding hydrogens is 326 g/mol. The van der Waals surface area contributed by atoms with E-state index in [2.05, 4.69) is 13.0 Å². The van der Waals surface area contributed by atoms with Crippen molar-refractivity contribution >= 4 is 17.4 Å². The van der Waals surface area contributed by atoms with Crippen molar-refractivity contribution in [2.24, 2.45) is 0 Å². The molecule has 2 aromatic rings. The number of carbonyl (C=O) groups excluding carboxylic acids is 2. The first-order valence-electron chi connectivity index (χ1n) is 9.03. The van der Waals surface area contributed by atoms with Crippen molar-refractivity contribution < 1.29 is 14.3 Å². The Morgan fingerprint density at radius 1 is 1.04 bits per heavy atom. The van der Waals surface area contributed by atoms with Gasteiger partial charge in [-0.2, -0.15) is 0 Å². The summed E-state index contributed by atoms with van der Waals surface area (Å²) >= 11 is 0. The lowest BCUT2D eigenvalue weighted by Gasteiger charge is -2.23. The van der Waals surface area contributed by atoms with Crippen LogP contribution in [-0.4, -0.2) is 24.8 Å². The van der Waals surface area contributed by atoms with Crippen LogP contribution in [0.25, 0.3) is 0 Å². The van der Waals surface area contributed by atoms with Crippen LogP contribution in [-0.2, 0) is 4.79 Å². The highest BCUT2D eigenvalue weighted by atomic mass is 16.5. The minimum absolute atomic E-state index is 0.0354. The maximum atomic E-state index is 12.6. The van der Waals surface area contributed by atoms with Crippen LogP contribution in [0.1, 0.15) is 48.2 Å². The molecule has 0 N–H and O–H groups in total. The van der Waals surface area contributed by atoms with Gasteiger partial charge in [-0.25, -0.2) is 0 Å². The summed E-state index contributed by atoms with van der Waals surface area (Å²) < 4.78 is 5.67. The Hall–Kier alpha value is -2.62. The summed E-state index contributed by atoms with van der Waals surface area (Å²) in [5, 5.41) is 0. The van der Waals surface area contributed by atoms with Gasteiger partial charge in [-0.1, -0.05) is 17.7 Å². The van der Waals surface area contributed by atoms with Crippen LogP contribution in [0.15, 0.2) is 42.5 Å². The minimum Gasteiger partial charge on any atom is -0.494 e. The van der Waals surface area contributed by atoms with Crippen LogP contribution in [0.4, 0.5) is 5.69 Å². The molecule has 0 fully saturated rings. The lowest BCUT2D eigenvalue weighted by atomic mass is 10.1. The van der Waals surface area contributed by atoms with Gasteiger partial charge in [0.05, 0.1) is 6.61 Å². The number of nitrogens with zero attached hydrogens (tertiary/aromatic N) is 1. The third-order valence-corrected chi connectivity index (χ3v) is 4.32. The first-order chi connectivity index (χ1) is 12.4. The SMILES string of the molecule is CCN(C(=O)CCCOc1ccc(C(C)=O)cc1)c1ccc(C)cc1C. The van der Waals surface area contributed by atoms with E-state index in [9.17, 15) is 9.59 Å². The van der Waals surface area contributed by atoms with Gasteiger partial charge in [-0.05, 0) is 70.0 Å². The first-order valence-corrected chi connectivity index (χ1v) is 9.03. The number of Topliss-reactive ketones (excluding diaryl/α,β-unsaturated/α-hetero) is 1. The van der Waals surface area contributed by atoms with Crippen LogP contribution < -0.4 is 9.64 Å². The molecule has 0 aliphatic carbocycles. The number of hydrogen-bond acceptors (Lipinski definition) is 3. The zero-order valence-electron chi connectivity index (χ0n) is 16.0. The molecule has 4 nitrogen and oxygen atoms in total. The molecule has 0 saturated carbocycles. The summed E-state index contributed by atoms with van der Waals surface area (Å²) in [5.74, 6) is 0.854. The molecule has 0 heterocycles. The van der Waals surface area contributed by atoms with Gasteiger partial charge in [0.2, 0.25) is 5.91 Å². The van der Waals surface area contributed by atoms with Gasteiger partial charge >= 0.3 is 0 Å². The molecule has 26 heavy (non-hydrogen) atoms. The quantitative estimate of drug-likeness (QED) is 0.510. The summed E-state index contributed by atoms with van der Waals surface area (Å²) in [4.78, 5) is 25.7. The number of hydrogen-bond donors (Lipinski definition) is 0. The number of anilines is 1. The molecule has 2 aromatic carbocycles. The number of ether oxygens (including phenoxy) is 1. The van der Waals surface area contributed by atoms with E-state index < -0.39 is 0 Å². The molecule has 0 saturated heterocycles. The van der Waals surface area contributed by atoms with Crippen molar-refractivity contribution in [2.75, 3.05) is 18.1 Å². The fraction of sp³-hybridized carbons (Fsp3) is 0.364. The molecule has 0 bridgehead atoms. The molecule has 0 radical (unpaired) electrons. The topological polar surface area (TPSA) is 46.6 Å². The highest BCUT2D eigenvalue weighted by Gasteiger charge is 2.15. The lowest BCUT2D eigenvalue weighted by molar-refractivity contribution is -0.118. The third kappa shape index (κ3) is 5.19. The normalized spacial score (nSPS) is 10.5. The molecular formula is C22H27NO3. The van der Waals surface area contributed by atoms with Gasteiger partial charge in [0, 0.05) is 24.2 Å². The van der Waals surface area contributed by atoms with Crippen molar-refractivity contribution in [3.8, 4) is 5.75 Å². The number of carbonyl (C=O) groups is 2. The van der Waals surface area contributed by atoms with E-state index in [1.165, 1.54) is 12.5 Å². The van der Waals surface area contributed by atoms with E-state index in [0.29, 0.717) is 37.3 Å². The zero-order valence-corrected chi connectivity index (χ0v) is 16.0. The third-order valence-electron chi connectivity index (χ3n) is 4.32. The second-order valence-corrected chi connectivity index (χ2v) is 6.46. The highest BCUT2D eigenvalue weighted by Crippen LogP contribution is 2.22. The number of ketones is 1. The van der Waals surface area contributed by atoms with E-state index in [0.717, 1.165) is 11.3 Å². The highest BCUT2D eigenvalue weighted by molar-refractivity contribution is 5.94. The minimum atomic E-state index is 0.0354. The number of benzene rings is 2. The Labute approximate surface area is 155 Å². The van der Waals surface area contributed by atoms with Crippen molar-refractivity contribution in [1.29, 1.82) is 0 Å². The molecule has 0 aliphatic heterocycles. The molecule has 0 unspecified atom stereocenters. The predicted molar refractivity (Wildman–Crippen MR) is 105 cm³/mol. The number of rotatable bonds is 8. The maximum absolute atomic E-state index is 12.6. The maximum Gasteiger partial charge on any atom is 0.227 e. The number of amides is 1. The van der Waals surface area contributed by atoms with Crippen molar-refractivity contribution in [3.63, 3.8) is 0 Å². The van der Waals surface area contributed by atoms with E-state index in [1.807, 2.05) is 30.9 Å². The van der Waals surface area contributed by atoms with Crippen LogP contribution in [0.5, 0.6) is 5.75 Å². The van der Waals surface area contributed by atoms with Crippen molar-refractivity contribution in [3.05, 3.63) is 59.2 Å². The summed E-state index contributed by atoms with van der Waals surface area (Å²) in [6, 6.07) is 13.2. The van der Waals surface area contributed by atoms with Crippen LogP contribution >= 0.6 is 0 Å². The molecule has 138 valence electrons. The summed E-state index contributed by atoms with van der Waals surface area (Å²) in [6.45, 7) is 8.73. The van der Waals surface area contributed by atoms with Gasteiger partial charge in [-0.15, -0.1) is 0 Å². The van der Waals surface area contributed by atoms with E-state index in [4.69, 9.17) is 4.74 Å². The summed E-state index contributed by atoms with van der Waals surface area (Å²) in [6.07, 6.45) is 1.08. The first kappa shape index (κ1) is 19.7. The average Bonchev–Trinajstić information content (AvgIpc) is 2.61. The Bertz CT molecular complexity index is 765. The average molecular weight is 353 g/mol. The second-order valence-electron chi connectivity index (χ2n) is 6.46. The molecule has 1 amide bonds. The van der Waals surface area contributed by atoms with Crippen LogP contribution in [0, 0.1) is 13.8 Å². The van der Waals surface area contributed by atoms with Crippen molar-refractivity contribution in [2.45, 2.75) is 40.5 Å². The van der Waals surface area contributed by atoms with Crippen LogP contribution in [0.3, 0.4) is 0 Å². The van der Waals surface area contributed by atoms with Gasteiger partial charge in [-0.3, -0.25) is 9.59 Å².